The van der Waals surface area contributed by atoms with E-state index in [-0.39, 0.29) is 24.4 Å². The molecule has 2 N–H and O–H groups in total. The second-order valence-electron chi connectivity index (χ2n) is 5.35. The van der Waals surface area contributed by atoms with Crippen molar-refractivity contribution in [3.8, 4) is 0 Å². The smallest absolute Gasteiger partial charge is 0.0839 e. The molecule has 4 saturated heterocycles. The number of ether oxygens (including phenoxy) is 2. The molecule has 4 bridgehead atoms. The molecule has 4 heteroatoms. The summed E-state index contributed by atoms with van der Waals surface area (Å²) in [5.41, 5.74) is 0. The highest BCUT2D eigenvalue weighted by atomic mass is 16.5. The molecule has 92 valence electrons. The molecule has 16 heavy (non-hydrogen) atoms. The van der Waals surface area contributed by atoms with Crippen LogP contribution in [-0.2, 0) is 9.47 Å². The van der Waals surface area contributed by atoms with Gasteiger partial charge in [-0.3, -0.25) is 0 Å². The van der Waals surface area contributed by atoms with Gasteiger partial charge in [-0.05, 0) is 25.7 Å². The predicted octanol–water partition coefficient (Wildman–Crippen LogP) is 0.597. The fourth-order valence-electron chi connectivity index (χ4n) is 3.22. The molecule has 0 aromatic heterocycles. The van der Waals surface area contributed by atoms with Crippen molar-refractivity contribution < 1.29 is 19.7 Å². The molecule has 4 heterocycles. The highest BCUT2D eigenvalue weighted by Crippen LogP contribution is 2.34. The van der Waals surface area contributed by atoms with Crippen LogP contribution >= 0.6 is 0 Å². The number of aliphatic hydroxyl groups excluding tert-OH is 2. The van der Waals surface area contributed by atoms with Crippen LogP contribution in [0.4, 0.5) is 0 Å². The van der Waals surface area contributed by atoms with E-state index in [0.29, 0.717) is 12.2 Å². The van der Waals surface area contributed by atoms with Gasteiger partial charge >= 0.3 is 0 Å². The van der Waals surface area contributed by atoms with Crippen LogP contribution < -0.4 is 0 Å². The molecular weight excluding hydrogens is 208 g/mol. The van der Waals surface area contributed by atoms with Gasteiger partial charge in [0.15, 0.2) is 0 Å². The monoisotopic (exact) mass is 228 g/mol. The number of rotatable bonds is 0. The van der Waals surface area contributed by atoms with Gasteiger partial charge in [0.1, 0.15) is 0 Å². The van der Waals surface area contributed by atoms with Crippen LogP contribution in [0.25, 0.3) is 0 Å². The third-order valence-electron chi connectivity index (χ3n) is 4.15. The molecule has 0 saturated carbocycles. The van der Waals surface area contributed by atoms with Gasteiger partial charge in [0.05, 0.1) is 36.6 Å². The first-order chi connectivity index (χ1) is 7.72. The van der Waals surface area contributed by atoms with Gasteiger partial charge < -0.3 is 19.7 Å². The third-order valence-corrected chi connectivity index (χ3v) is 4.15. The van der Waals surface area contributed by atoms with E-state index in [2.05, 4.69) is 0 Å². The lowest BCUT2D eigenvalue weighted by atomic mass is 9.98. The zero-order valence-corrected chi connectivity index (χ0v) is 9.42. The van der Waals surface area contributed by atoms with Crippen molar-refractivity contribution in [1.82, 2.24) is 0 Å². The molecule has 4 rings (SSSR count). The molecule has 0 aliphatic carbocycles. The van der Waals surface area contributed by atoms with Crippen molar-refractivity contribution >= 4 is 0 Å². The second kappa shape index (κ2) is 4.26. The van der Waals surface area contributed by atoms with E-state index in [9.17, 15) is 0 Å². The maximum atomic E-state index is 9.09. The Morgan fingerprint density at radius 1 is 0.688 bits per heavy atom. The molecule has 0 spiro atoms. The van der Waals surface area contributed by atoms with Gasteiger partial charge in [-0.1, -0.05) is 0 Å². The quantitative estimate of drug-likeness (QED) is 0.637. The lowest BCUT2D eigenvalue weighted by Gasteiger charge is -2.10. The summed E-state index contributed by atoms with van der Waals surface area (Å²) in [5.74, 6) is 0. The summed E-state index contributed by atoms with van der Waals surface area (Å²) in [7, 11) is 0. The zero-order valence-electron chi connectivity index (χ0n) is 9.42. The lowest BCUT2D eigenvalue weighted by Crippen LogP contribution is -2.20. The van der Waals surface area contributed by atoms with Gasteiger partial charge in [-0.15, -0.1) is 0 Å². The molecule has 0 unspecified atom stereocenters. The molecular formula is C12H20O4. The fraction of sp³-hybridized carbons (Fsp3) is 1.00. The van der Waals surface area contributed by atoms with Gasteiger partial charge in [-0.2, -0.15) is 0 Å². The first-order valence-electron chi connectivity index (χ1n) is 6.39. The largest absolute Gasteiger partial charge is 0.390 e. The normalized spacial score (nSPS) is 52.9. The Kier molecular flexibility index (Phi) is 2.92. The van der Waals surface area contributed by atoms with Gasteiger partial charge in [0.2, 0.25) is 0 Å². The average molecular weight is 228 g/mol. The molecule has 4 aliphatic heterocycles. The molecule has 0 aromatic rings. The third kappa shape index (κ3) is 1.99. The summed E-state index contributed by atoms with van der Waals surface area (Å²) in [6.45, 7) is 0. The van der Waals surface area contributed by atoms with Crippen molar-refractivity contribution in [3.63, 3.8) is 0 Å². The van der Waals surface area contributed by atoms with Gasteiger partial charge in [-0.25, -0.2) is 0 Å². The topological polar surface area (TPSA) is 58.9 Å². The highest BCUT2D eigenvalue weighted by Gasteiger charge is 2.40. The molecule has 0 amide bonds. The summed E-state index contributed by atoms with van der Waals surface area (Å²) >= 11 is 0. The lowest BCUT2D eigenvalue weighted by molar-refractivity contribution is 0.0536. The SMILES string of the molecule is O[C@@H]1C[C@H]2CC[C@@H]1O2.O[C@H]1C[C@@H]2CC[C@H]1O2. The minimum Gasteiger partial charge on any atom is -0.390 e. The van der Waals surface area contributed by atoms with E-state index in [4.69, 9.17) is 19.7 Å². The Bertz CT molecular complexity index is 227. The van der Waals surface area contributed by atoms with Crippen LogP contribution in [0.1, 0.15) is 38.5 Å². The molecule has 4 fully saturated rings. The van der Waals surface area contributed by atoms with Crippen LogP contribution in [0.5, 0.6) is 0 Å². The molecule has 4 nitrogen and oxygen atoms in total. The Morgan fingerprint density at radius 3 is 1.25 bits per heavy atom. The fourth-order valence-corrected chi connectivity index (χ4v) is 3.22. The Labute approximate surface area is 95.6 Å². The first-order valence-corrected chi connectivity index (χ1v) is 6.39. The summed E-state index contributed by atoms with van der Waals surface area (Å²) in [6, 6.07) is 0. The zero-order chi connectivity index (χ0) is 11.1. The van der Waals surface area contributed by atoms with Gasteiger partial charge in [0.25, 0.3) is 0 Å². The van der Waals surface area contributed by atoms with Crippen LogP contribution in [0, 0.1) is 0 Å². The van der Waals surface area contributed by atoms with E-state index in [1.165, 1.54) is 12.8 Å². The van der Waals surface area contributed by atoms with Crippen LogP contribution in [0.3, 0.4) is 0 Å². The highest BCUT2D eigenvalue weighted by molar-refractivity contribution is 4.89. The van der Waals surface area contributed by atoms with E-state index in [1.54, 1.807) is 0 Å². The molecule has 0 radical (unpaired) electrons. The first kappa shape index (κ1) is 11.0. The summed E-state index contributed by atoms with van der Waals surface area (Å²) in [5, 5.41) is 18.2. The number of hydrogen-bond acceptors (Lipinski definition) is 4. The molecule has 6 atom stereocenters. The Morgan fingerprint density at radius 2 is 1.12 bits per heavy atom. The second-order valence-corrected chi connectivity index (χ2v) is 5.35. The van der Waals surface area contributed by atoms with Gasteiger partial charge in [0, 0.05) is 12.8 Å². The van der Waals surface area contributed by atoms with E-state index in [0.717, 1.165) is 25.7 Å². The maximum Gasteiger partial charge on any atom is 0.0839 e. The van der Waals surface area contributed by atoms with Crippen LogP contribution in [-0.4, -0.2) is 46.8 Å². The summed E-state index contributed by atoms with van der Waals surface area (Å²) in [6.07, 6.45) is 7.14. The maximum absolute atomic E-state index is 9.09. The van der Waals surface area contributed by atoms with Crippen molar-refractivity contribution in [1.29, 1.82) is 0 Å². The van der Waals surface area contributed by atoms with E-state index >= 15 is 0 Å². The summed E-state index contributed by atoms with van der Waals surface area (Å²) < 4.78 is 10.7. The van der Waals surface area contributed by atoms with Crippen molar-refractivity contribution in [2.45, 2.75) is 75.1 Å². The van der Waals surface area contributed by atoms with Crippen molar-refractivity contribution in [3.05, 3.63) is 0 Å². The minimum atomic E-state index is -0.145. The number of hydrogen-bond donors (Lipinski definition) is 2. The molecule has 4 aliphatic rings. The standard InChI is InChI=1S/2C6H10O2/c2*7-5-3-4-1-2-6(5)8-4/h2*4-7H,1-3H2/t2*4-,5-,6+/m10/s1. The number of aliphatic hydroxyl groups is 2. The van der Waals surface area contributed by atoms with E-state index in [1.807, 2.05) is 0 Å². The minimum absolute atomic E-state index is 0.145. The molecule has 0 aromatic carbocycles. The van der Waals surface area contributed by atoms with Crippen LogP contribution in [0.15, 0.2) is 0 Å². The van der Waals surface area contributed by atoms with Crippen molar-refractivity contribution in [2.75, 3.05) is 0 Å². The predicted molar refractivity (Wildman–Crippen MR) is 57.0 cm³/mol. The Balaban J connectivity index is 0.000000101. The number of fused-ring (bicyclic) bond motifs is 4. The van der Waals surface area contributed by atoms with E-state index < -0.39 is 0 Å². The van der Waals surface area contributed by atoms with Crippen LogP contribution in [0.2, 0.25) is 0 Å². The average Bonchev–Trinajstić information content (AvgIpc) is 2.94. The summed E-state index contributed by atoms with van der Waals surface area (Å²) in [4.78, 5) is 0. The van der Waals surface area contributed by atoms with Crippen molar-refractivity contribution in [2.24, 2.45) is 0 Å². The Hall–Kier alpha value is -0.160.